The van der Waals surface area contributed by atoms with Crippen molar-refractivity contribution in [3.8, 4) is 0 Å². The van der Waals surface area contributed by atoms with Crippen LogP contribution >= 0.6 is 11.3 Å². The second-order valence-corrected chi connectivity index (χ2v) is 7.41. The van der Waals surface area contributed by atoms with Crippen LogP contribution in [0.3, 0.4) is 0 Å². The molecule has 0 aromatic carbocycles. The summed E-state index contributed by atoms with van der Waals surface area (Å²) in [6.45, 7) is 7.59. The van der Waals surface area contributed by atoms with Gasteiger partial charge in [-0.2, -0.15) is 0 Å². The highest BCUT2D eigenvalue weighted by Crippen LogP contribution is 2.34. The number of hydrogen-bond donors (Lipinski definition) is 1. The van der Waals surface area contributed by atoms with E-state index in [0.29, 0.717) is 6.61 Å². The first-order valence-corrected chi connectivity index (χ1v) is 8.83. The number of thiazole rings is 1. The monoisotopic (exact) mass is 325 g/mol. The zero-order chi connectivity index (χ0) is 16.2. The molecule has 0 saturated carbocycles. The standard InChI is InChI=1S/C16H27N3O2S/c1-5-7-16(11-21-4)8-6-9-19(16)15(20)18-13(3)14-17-10-12(2)22-14/h10,13H,5-9,11H2,1-4H3,(H,18,20)/t13-,16+/m0/s1. The highest BCUT2D eigenvalue weighted by atomic mass is 32.1. The fraction of sp³-hybridized carbons (Fsp3) is 0.750. The number of nitrogens with zero attached hydrogens (tertiary/aromatic N) is 2. The van der Waals surface area contributed by atoms with Gasteiger partial charge in [-0.05, 0) is 33.1 Å². The van der Waals surface area contributed by atoms with E-state index in [1.165, 1.54) is 0 Å². The number of urea groups is 1. The lowest BCUT2D eigenvalue weighted by Crippen LogP contribution is -2.54. The summed E-state index contributed by atoms with van der Waals surface area (Å²) in [6.07, 6.45) is 5.95. The molecule has 5 nitrogen and oxygen atoms in total. The van der Waals surface area contributed by atoms with Crippen LogP contribution in [0, 0.1) is 6.92 Å². The van der Waals surface area contributed by atoms with Gasteiger partial charge in [0.25, 0.3) is 0 Å². The second kappa shape index (κ2) is 7.42. The van der Waals surface area contributed by atoms with Crippen molar-refractivity contribution >= 4 is 17.4 Å². The molecule has 1 aliphatic heterocycles. The van der Waals surface area contributed by atoms with Crippen molar-refractivity contribution in [2.45, 2.75) is 58.0 Å². The van der Waals surface area contributed by atoms with E-state index in [2.05, 4.69) is 17.2 Å². The van der Waals surface area contributed by atoms with Gasteiger partial charge in [0.1, 0.15) is 5.01 Å². The summed E-state index contributed by atoms with van der Waals surface area (Å²) in [6, 6.07) is -0.0583. The minimum atomic E-state index is -0.147. The number of likely N-dealkylation sites (tertiary alicyclic amines) is 1. The van der Waals surface area contributed by atoms with Gasteiger partial charge in [0.2, 0.25) is 0 Å². The van der Waals surface area contributed by atoms with E-state index in [4.69, 9.17) is 4.74 Å². The molecule has 0 bridgehead atoms. The van der Waals surface area contributed by atoms with Gasteiger partial charge in [0.05, 0.1) is 18.2 Å². The molecule has 124 valence electrons. The molecule has 0 aliphatic carbocycles. The zero-order valence-corrected chi connectivity index (χ0v) is 14.8. The summed E-state index contributed by atoms with van der Waals surface area (Å²) >= 11 is 1.63. The van der Waals surface area contributed by atoms with E-state index in [1.54, 1.807) is 18.4 Å². The van der Waals surface area contributed by atoms with Crippen molar-refractivity contribution < 1.29 is 9.53 Å². The Morgan fingerprint density at radius 1 is 1.64 bits per heavy atom. The second-order valence-electron chi connectivity index (χ2n) is 6.14. The molecule has 22 heavy (non-hydrogen) atoms. The average molecular weight is 325 g/mol. The van der Waals surface area contributed by atoms with Crippen LogP contribution in [0.2, 0.25) is 0 Å². The minimum Gasteiger partial charge on any atom is -0.382 e. The summed E-state index contributed by atoms with van der Waals surface area (Å²) < 4.78 is 5.42. The third-order valence-corrected chi connectivity index (χ3v) is 5.41. The molecule has 1 aromatic rings. The van der Waals surface area contributed by atoms with E-state index < -0.39 is 0 Å². The minimum absolute atomic E-state index is 0.00310. The highest BCUT2D eigenvalue weighted by molar-refractivity contribution is 7.11. The number of aromatic nitrogens is 1. The van der Waals surface area contributed by atoms with Crippen LogP contribution in [0.15, 0.2) is 6.20 Å². The number of amides is 2. The first kappa shape index (κ1) is 17.2. The van der Waals surface area contributed by atoms with Gasteiger partial charge in [0.15, 0.2) is 0 Å². The molecule has 0 spiro atoms. The molecule has 2 amide bonds. The number of rotatable bonds is 6. The molecular weight excluding hydrogens is 298 g/mol. The summed E-state index contributed by atoms with van der Waals surface area (Å²) in [5.74, 6) is 0. The van der Waals surface area contributed by atoms with E-state index in [-0.39, 0.29) is 17.6 Å². The molecule has 1 aliphatic rings. The summed E-state index contributed by atoms with van der Waals surface area (Å²) in [4.78, 5) is 20.2. The molecule has 2 heterocycles. The first-order valence-electron chi connectivity index (χ1n) is 8.02. The van der Waals surface area contributed by atoms with Crippen molar-refractivity contribution in [1.82, 2.24) is 15.2 Å². The maximum absolute atomic E-state index is 12.7. The molecule has 2 atom stereocenters. The van der Waals surface area contributed by atoms with Crippen LogP contribution in [-0.4, -0.2) is 41.7 Å². The van der Waals surface area contributed by atoms with Crippen molar-refractivity contribution in [2.75, 3.05) is 20.3 Å². The Morgan fingerprint density at radius 3 is 3.00 bits per heavy atom. The van der Waals surface area contributed by atoms with Crippen LogP contribution in [0.1, 0.15) is 55.5 Å². The Morgan fingerprint density at radius 2 is 2.41 bits per heavy atom. The molecule has 1 aromatic heterocycles. The van der Waals surface area contributed by atoms with Crippen molar-refractivity contribution in [2.24, 2.45) is 0 Å². The Labute approximate surface area is 137 Å². The van der Waals surface area contributed by atoms with Crippen molar-refractivity contribution in [3.63, 3.8) is 0 Å². The fourth-order valence-electron chi connectivity index (χ4n) is 3.37. The van der Waals surface area contributed by atoms with Crippen LogP contribution in [0.4, 0.5) is 4.79 Å². The first-order chi connectivity index (χ1) is 10.5. The normalized spacial score (nSPS) is 22.8. The third-order valence-electron chi connectivity index (χ3n) is 4.32. The summed E-state index contributed by atoms with van der Waals surface area (Å²) in [5.41, 5.74) is -0.147. The number of carbonyl (C=O) groups excluding carboxylic acids is 1. The zero-order valence-electron chi connectivity index (χ0n) is 14.0. The van der Waals surface area contributed by atoms with E-state index >= 15 is 0 Å². The lowest BCUT2D eigenvalue weighted by molar-refractivity contribution is 0.0495. The molecule has 0 unspecified atom stereocenters. The Bertz CT molecular complexity index is 497. The predicted octanol–water partition coefficient (Wildman–Crippen LogP) is 3.50. The fourth-order valence-corrected chi connectivity index (χ4v) is 4.15. The predicted molar refractivity (Wildman–Crippen MR) is 89.3 cm³/mol. The summed E-state index contributed by atoms with van der Waals surface area (Å²) in [5, 5.41) is 4.06. The summed E-state index contributed by atoms with van der Waals surface area (Å²) in [7, 11) is 1.72. The average Bonchev–Trinajstić information content (AvgIpc) is 3.06. The molecule has 6 heteroatoms. The van der Waals surface area contributed by atoms with E-state index in [9.17, 15) is 4.79 Å². The quantitative estimate of drug-likeness (QED) is 0.871. The number of carbonyl (C=O) groups is 1. The Balaban J connectivity index is 2.06. The van der Waals surface area contributed by atoms with Crippen LogP contribution < -0.4 is 5.32 Å². The maximum Gasteiger partial charge on any atom is 0.318 e. The lowest BCUT2D eigenvalue weighted by atomic mass is 9.91. The molecule has 2 rings (SSSR count). The largest absolute Gasteiger partial charge is 0.382 e. The number of ether oxygens (including phenoxy) is 1. The molecule has 0 radical (unpaired) electrons. The van der Waals surface area contributed by atoms with Crippen LogP contribution in [0.25, 0.3) is 0 Å². The number of hydrogen-bond acceptors (Lipinski definition) is 4. The lowest BCUT2D eigenvalue weighted by Gasteiger charge is -2.38. The highest BCUT2D eigenvalue weighted by Gasteiger charge is 2.43. The topological polar surface area (TPSA) is 54.5 Å². The van der Waals surface area contributed by atoms with Crippen LogP contribution in [-0.2, 0) is 4.74 Å². The molecule has 1 N–H and O–H groups in total. The van der Waals surface area contributed by atoms with E-state index in [0.717, 1.165) is 42.1 Å². The van der Waals surface area contributed by atoms with Gasteiger partial charge in [0, 0.05) is 24.7 Å². The number of nitrogens with one attached hydrogen (secondary N) is 1. The Kier molecular flexibility index (Phi) is 5.81. The van der Waals surface area contributed by atoms with Crippen LogP contribution in [0.5, 0.6) is 0 Å². The maximum atomic E-state index is 12.7. The SMILES string of the molecule is CCC[C@]1(COC)CCCN1C(=O)N[C@@H](C)c1ncc(C)s1. The molecular formula is C16H27N3O2S. The number of aryl methyl sites for hydroxylation is 1. The third kappa shape index (κ3) is 3.60. The van der Waals surface area contributed by atoms with Gasteiger partial charge in [-0.15, -0.1) is 11.3 Å². The van der Waals surface area contributed by atoms with Gasteiger partial charge >= 0.3 is 6.03 Å². The Hall–Kier alpha value is -1.14. The van der Waals surface area contributed by atoms with Crippen molar-refractivity contribution in [1.29, 1.82) is 0 Å². The van der Waals surface area contributed by atoms with E-state index in [1.807, 2.05) is 24.9 Å². The van der Waals surface area contributed by atoms with Gasteiger partial charge in [-0.3, -0.25) is 0 Å². The van der Waals surface area contributed by atoms with Gasteiger partial charge < -0.3 is 15.0 Å². The van der Waals surface area contributed by atoms with Gasteiger partial charge in [-0.1, -0.05) is 13.3 Å². The smallest absolute Gasteiger partial charge is 0.318 e. The number of methoxy groups -OCH3 is 1. The van der Waals surface area contributed by atoms with Gasteiger partial charge in [-0.25, -0.2) is 9.78 Å². The molecule has 1 fully saturated rings. The van der Waals surface area contributed by atoms with Crippen molar-refractivity contribution in [3.05, 3.63) is 16.1 Å². The molecule has 1 saturated heterocycles.